The molecule has 32 heavy (non-hydrogen) atoms. The van der Waals surface area contributed by atoms with Crippen LogP contribution in [0.25, 0.3) is 0 Å². The van der Waals surface area contributed by atoms with E-state index in [1.165, 1.54) is 5.56 Å². The highest BCUT2D eigenvalue weighted by Crippen LogP contribution is 2.46. The van der Waals surface area contributed by atoms with Gasteiger partial charge in [0.15, 0.2) is 5.78 Å². The van der Waals surface area contributed by atoms with E-state index >= 15 is 0 Å². The van der Waals surface area contributed by atoms with E-state index < -0.39 is 5.54 Å². The summed E-state index contributed by atoms with van der Waals surface area (Å²) in [6, 6.07) is 13.8. The summed E-state index contributed by atoms with van der Waals surface area (Å²) in [6.45, 7) is 1.05. The van der Waals surface area contributed by atoms with Crippen LogP contribution >= 0.6 is 0 Å². The van der Waals surface area contributed by atoms with E-state index in [0.29, 0.717) is 55.4 Å². The Hall–Kier alpha value is -3.32. The molecule has 0 aromatic heterocycles. The molecule has 7 heteroatoms. The molecule has 3 aliphatic rings. The predicted molar refractivity (Wildman–Crippen MR) is 124 cm³/mol. The third kappa shape index (κ3) is 3.07. The van der Waals surface area contributed by atoms with Gasteiger partial charge in [0.2, 0.25) is 0 Å². The number of hydrogen-bond donors (Lipinski definition) is 1. The molecule has 2 saturated heterocycles. The molecule has 0 aliphatic carbocycles. The van der Waals surface area contributed by atoms with Gasteiger partial charge in [0, 0.05) is 69.1 Å². The number of para-hydroxylation sites is 1. The van der Waals surface area contributed by atoms with Crippen LogP contribution in [0.2, 0.25) is 0 Å². The van der Waals surface area contributed by atoms with Crippen molar-refractivity contribution < 1.29 is 19.0 Å². The van der Waals surface area contributed by atoms with Gasteiger partial charge in [-0.3, -0.25) is 9.79 Å². The predicted octanol–water partition coefficient (Wildman–Crippen LogP) is 3.59. The van der Waals surface area contributed by atoms with E-state index in [9.17, 15) is 4.79 Å². The zero-order valence-corrected chi connectivity index (χ0v) is 18.6. The quantitative estimate of drug-likeness (QED) is 0.746. The lowest BCUT2D eigenvalue weighted by molar-refractivity contribution is -0.122. The monoisotopic (exact) mass is 433 g/mol. The van der Waals surface area contributed by atoms with Crippen LogP contribution in [-0.4, -0.2) is 51.6 Å². The van der Waals surface area contributed by atoms with E-state index in [1.807, 2.05) is 36.4 Å². The van der Waals surface area contributed by atoms with Gasteiger partial charge in [-0.05, 0) is 11.6 Å². The van der Waals surface area contributed by atoms with Gasteiger partial charge in [0.1, 0.15) is 22.9 Å². The average Bonchev–Trinajstić information content (AvgIpc) is 3.36. The number of anilines is 2. The van der Waals surface area contributed by atoms with Crippen molar-refractivity contribution in [1.82, 2.24) is 0 Å². The Morgan fingerprint density at radius 3 is 2.38 bits per heavy atom. The van der Waals surface area contributed by atoms with E-state index in [4.69, 9.17) is 14.2 Å². The maximum Gasteiger partial charge on any atom is 0.194 e. The van der Waals surface area contributed by atoms with Crippen molar-refractivity contribution in [2.24, 2.45) is 4.99 Å². The molecule has 166 valence electrons. The Bertz CT molecular complexity index is 1080. The Morgan fingerprint density at radius 1 is 1.06 bits per heavy atom. The minimum atomic E-state index is -0.747. The van der Waals surface area contributed by atoms with Gasteiger partial charge in [0.05, 0.1) is 25.5 Å². The Morgan fingerprint density at radius 2 is 1.75 bits per heavy atom. The highest BCUT2D eigenvalue weighted by Gasteiger charge is 2.56. The summed E-state index contributed by atoms with van der Waals surface area (Å²) in [5, 5.41) is 3.48. The minimum Gasteiger partial charge on any atom is -0.497 e. The van der Waals surface area contributed by atoms with E-state index in [2.05, 4.69) is 21.3 Å². The van der Waals surface area contributed by atoms with E-state index in [1.54, 1.807) is 21.3 Å². The molecule has 0 radical (unpaired) electrons. The van der Waals surface area contributed by atoms with E-state index in [0.717, 1.165) is 17.1 Å². The lowest BCUT2D eigenvalue weighted by Gasteiger charge is -2.40. The molecule has 0 saturated carbocycles. The summed E-state index contributed by atoms with van der Waals surface area (Å²) in [6.07, 6.45) is 1.86. The fraction of sp³-hybridized carbons (Fsp3) is 0.360. The minimum absolute atomic E-state index is 0.0958. The second-order valence-corrected chi connectivity index (χ2v) is 8.24. The molecule has 0 bridgehead atoms. The molecule has 2 aromatic rings. The van der Waals surface area contributed by atoms with Crippen molar-refractivity contribution >= 4 is 23.0 Å². The van der Waals surface area contributed by atoms with E-state index in [-0.39, 0.29) is 5.78 Å². The van der Waals surface area contributed by atoms with Crippen molar-refractivity contribution in [2.75, 3.05) is 44.7 Å². The van der Waals surface area contributed by atoms with Crippen LogP contribution in [0, 0.1) is 0 Å². The van der Waals surface area contributed by atoms with Gasteiger partial charge in [-0.2, -0.15) is 0 Å². The van der Waals surface area contributed by atoms with Crippen LogP contribution in [0.4, 0.5) is 11.4 Å². The number of carbonyl (C=O) groups is 1. The molecule has 2 fully saturated rings. The van der Waals surface area contributed by atoms with Crippen LogP contribution in [0.1, 0.15) is 18.4 Å². The van der Waals surface area contributed by atoms with Gasteiger partial charge < -0.3 is 24.4 Å². The number of carbonyl (C=O) groups excluding carboxylic acids is 1. The molecule has 1 spiro atoms. The molecule has 3 heterocycles. The largest absolute Gasteiger partial charge is 0.497 e. The number of benzene rings is 2. The summed E-state index contributed by atoms with van der Waals surface area (Å²) in [5.74, 6) is 2.09. The summed E-state index contributed by atoms with van der Waals surface area (Å²) in [4.78, 5) is 20.9. The molecule has 5 rings (SSSR count). The number of aliphatic imine (C=N–C) groups is 1. The maximum absolute atomic E-state index is 14.1. The lowest BCUT2D eigenvalue weighted by atomic mass is 9.84. The summed E-state index contributed by atoms with van der Waals surface area (Å²) in [7, 11) is 4.99. The maximum atomic E-state index is 14.1. The molecule has 7 nitrogen and oxygen atoms in total. The fourth-order valence-corrected chi connectivity index (χ4v) is 5.03. The summed E-state index contributed by atoms with van der Waals surface area (Å²) < 4.78 is 16.7. The number of nitrogens with one attached hydrogen (secondary N) is 1. The summed E-state index contributed by atoms with van der Waals surface area (Å²) >= 11 is 0. The van der Waals surface area contributed by atoms with Crippen molar-refractivity contribution in [1.29, 1.82) is 0 Å². The Balaban J connectivity index is 1.69. The van der Waals surface area contributed by atoms with Crippen LogP contribution < -0.4 is 19.7 Å². The first-order valence-electron chi connectivity index (χ1n) is 10.8. The second kappa shape index (κ2) is 7.98. The van der Waals surface area contributed by atoms with Crippen molar-refractivity contribution in [3.8, 4) is 11.5 Å². The lowest BCUT2D eigenvalue weighted by Crippen LogP contribution is -2.53. The highest BCUT2D eigenvalue weighted by atomic mass is 16.5. The molecular formula is C25H27N3O4. The molecule has 1 N–H and O–H groups in total. The zero-order chi connectivity index (χ0) is 22.3. The van der Waals surface area contributed by atoms with Crippen LogP contribution in [-0.2, 0) is 16.0 Å². The number of ketones is 1. The van der Waals surface area contributed by atoms with Crippen LogP contribution in [0.15, 0.2) is 58.7 Å². The number of rotatable bonds is 3. The standard InChI is InChI=1S/C25H27N3O4/c1-26-24-22(21-12-16-6-4-5-7-20(16)27-21)23(29)25(8-10-32-11-9-25)28(24)17-13-18(30-2)15-19(14-17)31-3/h4-7,13-15,27H,8-12H2,1-3H3. The number of allylic oxidation sites excluding steroid dienone is 1. The van der Waals surface area contributed by atoms with Crippen LogP contribution in [0.5, 0.6) is 11.5 Å². The zero-order valence-electron chi connectivity index (χ0n) is 18.6. The molecule has 3 aliphatic heterocycles. The van der Waals surface area contributed by atoms with Crippen molar-refractivity contribution in [2.45, 2.75) is 24.8 Å². The number of ether oxygens (including phenoxy) is 3. The number of nitrogens with zero attached hydrogens (tertiary/aromatic N) is 2. The topological polar surface area (TPSA) is 72.4 Å². The van der Waals surface area contributed by atoms with Gasteiger partial charge in [-0.15, -0.1) is 0 Å². The molecular weight excluding hydrogens is 406 g/mol. The summed E-state index contributed by atoms with van der Waals surface area (Å²) in [5.41, 5.74) is 3.86. The van der Waals surface area contributed by atoms with Gasteiger partial charge >= 0.3 is 0 Å². The first-order chi connectivity index (χ1) is 15.6. The molecule has 0 unspecified atom stereocenters. The van der Waals surface area contributed by atoms with Crippen LogP contribution in [0.3, 0.4) is 0 Å². The number of fused-ring (bicyclic) bond motifs is 1. The first kappa shape index (κ1) is 20.6. The fourth-order valence-electron chi connectivity index (χ4n) is 5.03. The number of Topliss-reactive ketones (excluding diaryl/α,β-unsaturated/α-hetero) is 1. The highest BCUT2D eigenvalue weighted by molar-refractivity contribution is 6.38. The number of amidine groups is 1. The Kier molecular flexibility index (Phi) is 5.13. The van der Waals surface area contributed by atoms with Gasteiger partial charge in [0.25, 0.3) is 0 Å². The smallest absolute Gasteiger partial charge is 0.194 e. The third-order valence-corrected chi connectivity index (χ3v) is 6.61. The Labute approximate surface area is 187 Å². The molecule has 0 atom stereocenters. The van der Waals surface area contributed by atoms with Crippen molar-refractivity contribution in [3.63, 3.8) is 0 Å². The second-order valence-electron chi connectivity index (χ2n) is 8.24. The van der Waals surface area contributed by atoms with Crippen molar-refractivity contribution in [3.05, 3.63) is 59.3 Å². The normalized spacial score (nSPS) is 22.9. The number of methoxy groups -OCH3 is 2. The first-order valence-corrected chi connectivity index (χ1v) is 10.8. The average molecular weight is 434 g/mol. The number of hydrogen-bond acceptors (Lipinski definition) is 6. The third-order valence-electron chi connectivity index (χ3n) is 6.61. The molecule has 2 aromatic carbocycles. The SMILES string of the molecule is CN=C1C(=C2Cc3ccccc3N2)C(=O)C2(CCOCC2)N1c1cc(OC)cc(OC)c1. The van der Waals surface area contributed by atoms with Gasteiger partial charge in [-0.1, -0.05) is 18.2 Å². The molecule has 0 amide bonds. The van der Waals surface area contributed by atoms with Gasteiger partial charge in [-0.25, -0.2) is 0 Å².